The molecule has 0 radical (unpaired) electrons. The van der Waals surface area contributed by atoms with Gasteiger partial charge in [-0.25, -0.2) is 0 Å². The van der Waals surface area contributed by atoms with Gasteiger partial charge in [0.25, 0.3) is 0 Å². The fourth-order valence-electron chi connectivity index (χ4n) is 3.43. The van der Waals surface area contributed by atoms with Crippen LogP contribution in [0.2, 0.25) is 0 Å². The maximum absolute atomic E-state index is 12.1. The van der Waals surface area contributed by atoms with E-state index in [1.54, 1.807) is 0 Å². The maximum Gasteiger partial charge on any atom is 0.310 e. The summed E-state index contributed by atoms with van der Waals surface area (Å²) in [6.07, 6.45) is 0. The predicted octanol–water partition coefficient (Wildman–Crippen LogP) is 1.52. The van der Waals surface area contributed by atoms with Crippen molar-refractivity contribution in [3.63, 3.8) is 0 Å². The molecule has 0 saturated carbocycles. The Morgan fingerprint density at radius 1 is 1.29 bits per heavy atom. The molecule has 3 unspecified atom stereocenters. The molecular weight excluding hydrogens is 264 g/mol. The van der Waals surface area contributed by atoms with Crippen molar-refractivity contribution >= 4 is 5.97 Å². The van der Waals surface area contributed by atoms with Crippen LogP contribution in [0.5, 0.6) is 0 Å². The number of carbonyl (C=O) groups excluding carboxylic acids is 1. The summed E-state index contributed by atoms with van der Waals surface area (Å²) in [6, 6.07) is 9.85. The lowest BCUT2D eigenvalue weighted by Gasteiger charge is -2.20. The molecule has 0 aliphatic carbocycles. The molecule has 3 rings (SSSR count). The number of fused-ring (bicyclic) bond motifs is 1. The summed E-state index contributed by atoms with van der Waals surface area (Å²) in [5.74, 6) is 1.41. The molecule has 0 bridgehead atoms. The van der Waals surface area contributed by atoms with Gasteiger partial charge >= 0.3 is 5.97 Å². The summed E-state index contributed by atoms with van der Waals surface area (Å²) in [5, 5.41) is 3.44. The van der Waals surface area contributed by atoms with Crippen molar-refractivity contribution in [3.05, 3.63) is 35.9 Å². The zero-order valence-corrected chi connectivity index (χ0v) is 12.6. The number of esters is 1. The van der Waals surface area contributed by atoms with Crippen LogP contribution >= 0.6 is 0 Å². The van der Waals surface area contributed by atoms with Gasteiger partial charge in [0.2, 0.25) is 0 Å². The van der Waals surface area contributed by atoms with E-state index in [1.807, 2.05) is 37.3 Å². The van der Waals surface area contributed by atoms with Gasteiger partial charge in [-0.15, -0.1) is 0 Å². The lowest BCUT2D eigenvalue weighted by atomic mass is 10.0. The molecule has 0 amide bonds. The normalized spacial score (nSPS) is 26.5. The number of ether oxygens (including phenoxy) is 1. The molecule has 114 valence electrons. The molecule has 2 aliphatic rings. The van der Waals surface area contributed by atoms with Gasteiger partial charge in [-0.1, -0.05) is 37.3 Å². The fraction of sp³-hybridized carbons (Fsp3) is 0.588. The van der Waals surface area contributed by atoms with Crippen LogP contribution in [0, 0.1) is 17.8 Å². The SMILES string of the molecule is CC(CN1CC2CNCC2C1)C(=O)OCc1ccccc1. The average Bonchev–Trinajstić information content (AvgIpc) is 3.07. The Morgan fingerprint density at radius 3 is 2.62 bits per heavy atom. The molecule has 2 heterocycles. The molecule has 1 N–H and O–H groups in total. The minimum Gasteiger partial charge on any atom is -0.461 e. The number of hydrogen-bond acceptors (Lipinski definition) is 4. The Balaban J connectivity index is 1.42. The monoisotopic (exact) mass is 288 g/mol. The van der Waals surface area contributed by atoms with E-state index in [1.165, 1.54) is 0 Å². The van der Waals surface area contributed by atoms with E-state index in [-0.39, 0.29) is 11.9 Å². The molecule has 21 heavy (non-hydrogen) atoms. The maximum atomic E-state index is 12.1. The second kappa shape index (κ2) is 6.58. The summed E-state index contributed by atoms with van der Waals surface area (Å²) < 4.78 is 5.42. The van der Waals surface area contributed by atoms with Crippen molar-refractivity contribution in [1.29, 1.82) is 0 Å². The Bertz CT molecular complexity index is 465. The molecule has 0 spiro atoms. The zero-order valence-electron chi connectivity index (χ0n) is 12.6. The van der Waals surface area contributed by atoms with Gasteiger partial charge in [0, 0.05) is 19.6 Å². The van der Waals surface area contributed by atoms with E-state index in [4.69, 9.17) is 4.74 Å². The smallest absolute Gasteiger partial charge is 0.310 e. The molecule has 2 saturated heterocycles. The summed E-state index contributed by atoms with van der Waals surface area (Å²) in [7, 11) is 0. The molecule has 0 aromatic heterocycles. The van der Waals surface area contributed by atoms with Crippen LogP contribution in [0.4, 0.5) is 0 Å². The van der Waals surface area contributed by atoms with Crippen LogP contribution in [-0.4, -0.2) is 43.6 Å². The van der Waals surface area contributed by atoms with Crippen LogP contribution in [0.3, 0.4) is 0 Å². The molecule has 1 aromatic carbocycles. The largest absolute Gasteiger partial charge is 0.461 e. The Labute approximate surface area is 126 Å². The van der Waals surface area contributed by atoms with Gasteiger partial charge in [-0.3, -0.25) is 4.79 Å². The third kappa shape index (κ3) is 3.63. The van der Waals surface area contributed by atoms with Crippen molar-refractivity contribution in [2.75, 3.05) is 32.7 Å². The first-order valence-electron chi connectivity index (χ1n) is 7.86. The van der Waals surface area contributed by atoms with Gasteiger partial charge < -0.3 is 15.0 Å². The van der Waals surface area contributed by atoms with Gasteiger partial charge in [0.05, 0.1) is 5.92 Å². The number of likely N-dealkylation sites (tertiary alicyclic amines) is 1. The topological polar surface area (TPSA) is 41.6 Å². The zero-order chi connectivity index (χ0) is 14.7. The van der Waals surface area contributed by atoms with Gasteiger partial charge in [0.1, 0.15) is 6.61 Å². The van der Waals surface area contributed by atoms with Crippen molar-refractivity contribution < 1.29 is 9.53 Å². The van der Waals surface area contributed by atoms with Crippen LogP contribution in [0.15, 0.2) is 30.3 Å². The standard InChI is InChI=1S/C17H24N2O2/c1-13(9-19-10-15-7-18-8-16(15)11-19)17(20)21-12-14-5-3-2-4-6-14/h2-6,13,15-16,18H,7-12H2,1H3. The molecular formula is C17H24N2O2. The predicted molar refractivity (Wildman–Crippen MR) is 81.7 cm³/mol. The molecule has 4 nitrogen and oxygen atoms in total. The lowest BCUT2D eigenvalue weighted by Crippen LogP contribution is -2.33. The van der Waals surface area contributed by atoms with Crippen molar-refractivity contribution in [3.8, 4) is 0 Å². The Morgan fingerprint density at radius 2 is 1.95 bits per heavy atom. The minimum absolute atomic E-state index is 0.0551. The van der Waals surface area contributed by atoms with Crippen LogP contribution in [0.1, 0.15) is 12.5 Å². The number of nitrogens with one attached hydrogen (secondary N) is 1. The molecule has 2 fully saturated rings. The minimum atomic E-state index is -0.0889. The first-order valence-corrected chi connectivity index (χ1v) is 7.86. The Hall–Kier alpha value is -1.39. The van der Waals surface area contributed by atoms with Gasteiger partial charge in [-0.05, 0) is 30.5 Å². The molecule has 1 aromatic rings. The summed E-state index contributed by atoms with van der Waals surface area (Å²) >= 11 is 0. The quantitative estimate of drug-likeness (QED) is 0.834. The second-order valence-corrected chi connectivity index (χ2v) is 6.39. The van der Waals surface area contributed by atoms with Crippen molar-refractivity contribution in [2.24, 2.45) is 17.8 Å². The highest BCUT2D eigenvalue weighted by Gasteiger charge is 2.36. The van der Waals surface area contributed by atoms with E-state index in [9.17, 15) is 4.79 Å². The highest BCUT2D eigenvalue weighted by molar-refractivity contribution is 5.72. The van der Waals surface area contributed by atoms with E-state index < -0.39 is 0 Å². The molecule has 4 heteroatoms. The van der Waals surface area contributed by atoms with E-state index in [0.717, 1.165) is 50.1 Å². The molecule has 2 aliphatic heterocycles. The van der Waals surface area contributed by atoms with Crippen LogP contribution in [-0.2, 0) is 16.1 Å². The number of rotatable bonds is 5. The third-order valence-corrected chi connectivity index (χ3v) is 4.62. The lowest BCUT2D eigenvalue weighted by molar-refractivity contribution is -0.149. The summed E-state index contributed by atoms with van der Waals surface area (Å²) in [5.41, 5.74) is 1.04. The highest BCUT2D eigenvalue weighted by atomic mass is 16.5. The third-order valence-electron chi connectivity index (χ3n) is 4.62. The number of hydrogen-bond donors (Lipinski definition) is 1. The van der Waals surface area contributed by atoms with E-state index >= 15 is 0 Å². The number of carbonyl (C=O) groups is 1. The van der Waals surface area contributed by atoms with Crippen LogP contribution in [0.25, 0.3) is 0 Å². The average molecular weight is 288 g/mol. The van der Waals surface area contributed by atoms with Crippen LogP contribution < -0.4 is 5.32 Å². The summed E-state index contributed by atoms with van der Waals surface area (Å²) in [4.78, 5) is 14.5. The number of nitrogens with zero attached hydrogens (tertiary/aromatic N) is 1. The molecule has 3 atom stereocenters. The highest BCUT2D eigenvalue weighted by Crippen LogP contribution is 2.26. The van der Waals surface area contributed by atoms with E-state index in [0.29, 0.717) is 6.61 Å². The van der Waals surface area contributed by atoms with Gasteiger partial charge in [-0.2, -0.15) is 0 Å². The van der Waals surface area contributed by atoms with Crippen molar-refractivity contribution in [2.45, 2.75) is 13.5 Å². The number of benzene rings is 1. The first kappa shape index (κ1) is 14.5. The van der Waals surface area contributed by atoms with Crippen molar-refractivity contribution in [1.82, 2.24) is 10.2 Å². The van der Waals surface area contributed by atoms with Gasteiger partial charge in [0.15, 0.2) is 0 Å². The fourth-order valence-corrected chi connectivity index (χ4v) is 3.43. The first-order chi connectivity index (χ1) is 10.2. The van der Waals surface area contributed by atoms with E-state index in [2.05, 4.69) is 10.2 Å². The Kier molecular flexibility index (Phi) is 4.56. The second-order valence-electron chi connectivity index (χ2n) is 6.39. The summed E-state index contributed by atoms with van der Waals surface area (Å²) in [6.45, 7) is 7.67.